The molecule has 0 aromatic heterocycles. The molecule has 0 radical (unpaired) electrons. The number of benzene rings is 1. The fraction of sp³-hybridized carbons (Fsp3) is 0.471. The maximum absolute atomic E-state index is 12.0. The molecule has 25 heavy (non-hydrogen) atoms. The molecule has 0 aliphatic heterocycles. The molecular formula is C17H22N2O6. The number of phenols is 1. The van der Waals surface area contributed by atoms with Crippen LogP contribution >= 0.6 is 0 Å². The zero-order valence-corrected chi connectivity index (χ0v) is 14.2. The van der Waals surface area contributed by atoms with Gasteiger partial charge in [0.25, 0.3) is 5.91 Å². The van der Waals surface area contributed by atoms with E-state index in [2.05, 4.69) is 10.6 Å². The minimum absolute atomic E-state index is 0.0712. The normalized spacial score (nSPS) is 15.3. The number of aromatic hydroxyl groups is 1. The second kappa shape index (κ2) is 8.36. The number of carbonyl (C=O) groups excluding carboxylic acids is 3. The molecule has 0 saturated heterocycles. The van der Waals surface area contributed by atoms with E-state index in [9.17, 15) is 19.5 Å². The van der Waals surface area contributed by atoms with Gasteiger partial charge in [-0.05, 0) is 31.9 Å². The first-order chi connectivity index (χ1) is 11.9. The summed E-state index contributed by atoms with van der Waals surface area (Å²) in [7, 11) is 1.43. The van der Waals surface area contributed by atoms with Gasteiger partial charge in [-0.15, -0.1) is 0 Å². The summed E-state index contributed by atoms with van der Waals surface area (Å²) in [5.74, 6) is -1.56. The Kier molecular flexibility index (Phi) is 6.21. The van der Waals surface area contributed by atoms with Crippen molar-refractivity contribution in [2.45, 2.75) is 44.8 Å². The van der Waals surface area contributed by atoms with Gasteiger partial charge in [-0.2, -0.15) is 0 Å². The third-order valence-electron chi connectivity index (χ3n) is 4.00. The van der Waals surface area contributed by atoms with E-state index in [1.807, 2.05) is 0 Å². The highest BCUT2D eigenvalue weighted by Gasteiger charge is 2.24. The average molecular weight is 350 g/mol. The van der Waals surface area contributed by atoms with E-state index in [-0.39, 0.29) is 17.4 Å². The fourth-order valence-corrected chi connectivity index (χ4v) is 2.59. The predicted octanol–water partition coefficient (Wildman–Crippen LogP) is 1.71. The van der Waals surface area contributed by atoms with Gasteiger partial charge in [-0.1, -0.05) is 12.8 Å². The number of methoxy groups -OCH3 is 1. The van der Waals surface area contributed by atoms with E-state index < -0.39 is 24.0 Å². The Morgan fingerprint density at radius 1 is 1.24 bits per heavy atom. The van der Waals surface area contributed by atoms with E-state index in [4.69, 9.17) is 9.47 Å². The molecule has 0 spiro atoms. The van der Waals surface area contributed by atoms with Crippen molar-refractivity contribution in [1.29, 1.82) is 0 Å². The summed E-state index contributed by atoms with van der Waals surface area (Å²) in [6, 6.07) is 3.54. The number of amides is 3. The molecule has 1 aliphatic rings. The van der Waals surface area contributed by atoms with Crippen molar-refractivity contribution in [3.63, 3.8) is 0 Å². The molecule has 1 saturated carbocycles. The molecule has 0 bridgehead atoms. The van der Waals surface area contributed by atoms with Crippen molar-refractivity contribution in [2.24, 2.45) is 0 Å². The highest BCUT2D eigenvalue weighted by Crippen LogP contribution is 2.24. The Bertz CT molecular complexity index is 655. The van der Waals surface area contributed by atoms with Gasteiger partial charge in [0.05, 0.1) is 7.11 Å². The highest BCUT2D eigenvalue weighted by molar-refractivity contribution is 5.99. The number of hydrogen-bond donors (Lipinski definition) is 3. The topological polar surface area (TPSA) is 114 Å². The first kappa shape index (κ1) is 18.6. The number of rotatable bonds is 5. The van der Waals surface area contributed by atoms with Crippen LogP contribution in [0.4, 0.5) is 4.79 Å². The Hall–Kier alpha value is -2.77. The minimum atomic E-state index is -1.19. The van der Waals surface area contributed by atoms with Crippen LogP contribution in [0.3, 0.4) is 0 Å². The number of phenolic OH excluding ortho intramolecular Hbond substituents is 1. The van der Waals surface area contributed by atoms with Gasteiger partial charge in [-0.25, -0.2) is 9.59 Å². The lowest BCUT2D eigenvalue weighted by molar-refractivity contribution is -0.127. The van der Waals surface area contributed by atoms with Crippen LogP contribution in [0, 0.1) is 0 Å². The van der Waals surface area contributed by atoms with E-state index in [1.54, 1.807) is 0 Å². The Balaban J connectivity index is 1.87. The zero-order chi connectivity index (χ0) is 18.4. The van der Waals surface area contributed by atoms with E-state index in [1.165, 1.54) is 32.2 Å². The van der Waals surface area contributed by atoms with Crippen LogP contribution in [0.5, 0.6) is 11.5 Å². The lowest BCUT2D eigenvalue weighted by Gasteiger charge is -2.16. The molecule has 0 unspecified atom stereocenters. The fourth-order valence-electron chi connectivity index (χ4n) is 2.59. The average Bonchev–Trinajstić information content (AvgIpc) is 3.06. The van der Waals surface area contributed by atoms with Gasteiger partial charge in [0.15, 0.2) is 6.10 Å². The molecule has 1 aromatic carbocycles. The van der Waals surface area contributed by atoms with Crippen molar-refractivity contribution < 1.29 is 29.0 Å². The quantitative estimate of drug-likeness (QED) is 0.697. The minimum Gasteiger partial charge on any atom is -0.507 e. The van der Waals surface area contributed by atoms with E-state index in [0.717, 1.165) is 25.7 Å². The monoisotopic (exact) mass is 350 g/mol. The second-order valence-electron chi connectivity index (χ2n) is 5.87. The number of urea groups is 1. The predicted molar refractivity (Wildman–Crippen MR) is 88.5 cm³/mol. The summed E-state index contributed by atoms with van der Waals surface area (Å²) in [6.07, 6.45) is 2.70. The summed E-state index contributed by atoms with van der Waals surface area (Å²) in [6.45, 7) is 1.34. The van der Waals surface area contributed by atoms with Gasteiger partial charge in [0.1, 0.15) is 17.1 Å². The van der Waals surface area contributed by atoms with Crippen LogP contribution in [0.2, 0.25) is 0 Å². The summed E-state index contributed by atoms with van der Waals surface area (Å²) < 4.78 is 9.92. The molecule has 2 rings (SSSR count). The molecule has 1 fully saturated rings. The molecule has 1 atom stereocenters. The van der Waals surface area contributed by atoms with Crippen LogP contribution in [0.1, 0.15) is 43.0 Å². The van der Waals surface area contributed by atoms with Crippen LogP contribution in [-0.4, -0.2) is 42.3 Å². The van der Waals surface area contributed by atoms with E-state index >= 15 is 0 Å². The summed E-state index contributed by atoms with van der Waals surface area (Å²) in [5.41, 5.74) is -0.101. The van der Waals surface area contributed by atoms with Crippen molar-refractivity contribution in [1.82, 2.24) is 10.6 Å². The number of ether oxygens (including phenoxy) is 2. The maximum atomic E-state index is 12.0. The Morgan fingerprint density at radius 2 is 1.92 bits per heavy atom. The lowest BCUT2D eigenvalue weighted by atomic mass is 10.2. The molecule has 1 aromatic rings. The first-order valence-electron chi connectivity index (χ1n) is 8.10. The Labute approximate surface area is 145 Å². The van der Waals surface area contributed by atoms with Crippen LogP contribution in [-0.2, 0) is 9.53 Å². The number of carbonyl (C=O) groups is 3. The number of esters is 1. The van der Waals surface area contributed by atoms with Gasteiger partial charge in [-0.3, -0.25) is 10.1 Å². The van der Waals surface area contributed by atoms with Gasteiger partial charge >= 0.3 is 12.0 Å². The first-order valence-corrected chi connectivity index (χ1v) is 8.10. The number of nitrogens with one attached hydrogen (secondary N) is 2. The largest absolute Gasteiger partial charge is 0.507 e. The van der Waals surface area contributed by atoms with Crippen LogP contribution in [0.25, 0.3) is 0 Å². The Morgan fingerprint density at radius 3 is 2.52 bits per heavy atom. The zero-order valence-electron chi connectivity index (χ0n) is 14.2. The maximum Gasteiger partial charge on any atom is 0.342 e. The highest BCUT2D eigenvalue weighted by atomic mass is 16.5. The molecule has 0 heterocycles. The van der Waals surface area contributed by atoms with Crippen LogP contribution < -0.4 is 15.4 Å². The molecule has 3 N–H and O–H groups in total. The summed E-state index contributed by atoms with van der Waals surface area (Å²) in [4.78, 5) is 35.7. The molecule has 8 heteroatoms. The molecular weight excluding hydrogens is 328 g/mol. The van der Waals surface area contributed by atoms with Crippen LogP contribution in [0.15, 0.2) is 18.2 Å². The van der Waals surface area contributed by atoms with Gasteiger partial charge in [0.2, 0.25) is 0 Å². The SMILES string of the molecule is COc1ccc(C(=O)O[C@H](C)C(=O)NC(=O)NC2CCCC2)c(O)c1. The summed E-state index contributed by atoms with van der Waals surface area (Å²) >= 11 is 0. The third kappa shape index (κ3) is 5.10. The number of hydrogen-bond acceptors (Lipinski definition) is 6. The van der Waals surface area contributed by atoms with Crippen molar-refractivity contribution >= 4 is 17.9 Å². The van der Waals surface area contributed by atoms with E-state index in [0.29, 0.717) is 5.75 Å². The molecule has 1 aliphatic carbocycles. The molecule has 8 nitrogen and oxygen atoms in total. The smallest absolute Gasteiger partial charge is 0.342 e. The number of imide groups is 1. The standard InChI is InChI=1S/C17H22N2O6/c1-10(15(21)19-17(23)18-11-5-3-4-6-11)25-16(22)13-8-7-12(24-2)9-14(13)20/h7-11,20H,3-6H2,1-2H3,(H2,18,19,21,23)/t10-/m1/s1. The summed E-state index contributed by atoms with van der Waals surface area (Å²) in [5, 5.41) is 14.7. The van der Waals surface area contributed by atoms with Crippen molar-refractivity contribution in [3.05, 3.63) is 23.8 Å². The lowest BCUT2D eigenvalue weighted by Crippen LogP contribution is -2.47. The molecule has 3 amide bonds. The van der Waals surface area contributed by atoms with Gasteiger partial charge < -0.3 is 19.9 Å². The van der Waals surface area contributed by atoms with Gasteiger partial charge in [0, 0.05) is 12.1 Å². The van der Waals surface area contributed by atoms with Crippen molar-refractivity contribution in [2.75, 3.05) is 7.11 Å². The van der Waals surface area contributed by atoms with Crippen molar-refractivity contribution in [3.8, 4) is 11.5 Å². The third-order valence-corrected chi connectivity index (χ3v) is 4.00. The molecule has 136 valence electrons. The second-order valence-corrected chi connectivity index (χ2v) is 5.87.